The van der Waals surface area contributed by atoms with Crippen LogP contribution < -0.4 is 5.32 Å². The van der Waals surface area contributed by atoms with E-state index in [0.717, 1.165) is 11.8 Å². The molecule has 0 spiro atoms. The Hall–Kier alpha value is -0.0500. The second-order valence-corrected chi connectivity index (χ2v) is 3.80. The van der Waals surface area contributed by atoms with E-state index in [1.165, 1.54) is 12.8 Å². The molecule has 1 rings (SSSR count). The largest absolute Gasteiger partial charge is 0.353 e. The highest BCUT2D eigenvalue weighted by Crippen LogP contribution is 2.26. The summed E-state index contributed by atoms with van der Waals surface area (Å²) in [4.78, 5) is 10.7. The maximum Gasteiger partial charge on any atom is 0.217 e. The molecule has 1 aliphatic rings. The van der Waals surface area contributed by atoms with Gasteiger partial charge in [-0.1, -0.05) is 22.4 Å². The standard InChI is InChI=1S/C8H14BrNO/c1-6(11)10-8-4-2-3-7(8)5-9/h7-8H,2-5H2,1H3,(H,10,11). The van der Waals surface area contributed by atoms with Crippen LogP contribution in [0.5, 0.6) is 0 Å². The van der Waals surface area contributed by atoms with E-state index in [4.69, 9.17) is 0 Å². The van der Waals surface area contributed by atoms with Gasteiger partial charge in [0.1, 0.15) is 0 Å². The van der Waals surface area contributed by atoms with Crippen molar-refractivity contribution in [1.82, 2.24) is 5.32 Å². The molecule has 64 valence electrons. The Bertz CT molecular complexity index is 149. The molecule has 2 unspecified atom stereocenters. The molecule has 0 radical (unpaired) electrons. The third kappa shape index (κ3) is 2.47. The van der Waals surface area contributed by atoms with Crippen LogP contribution in [0.15, 0.2) is 0 Å². The van der Waals surface area contributed by atoms with Crippen molar-refractivity contribution < 1.29 is 4.79 Å². The normalized spacial score (nSPS) is 30.4. The lowest BCUT2D eigenvalue weighted by Gasteiger charge is -2.17. The Balaban J connectivity index is 2.37. The second-order valence-electron chi connectivity index (χ2n) is 3.15. The van der Waals surface area contributed by atoms with Crippen LogP contribution in [0.1, 0.15) is 26.2 Å². The van der Waals surface area contributed by atoms with Crippen molar-refractivity contribution in [2.75, 3.05) is 5.33 Å². The summed E-state index contributed by atoms with van der Waals surface area (Å²) in [5, 5.41) is 3.99. The van der Waals surface area contributed by atoms with Gasteiger partial charge in [-0.05, 0) is 18.8 Å². The van der Waals surface area contributed by atoms with Crippen molar-refractivity contribution in [3.63, 3.8) is 0 Å². The van der Waals surface area contributed by atoms with Crippen LogP contribution in [-0.2, 0) is 4.79 Å². The monoisotopic (exact) mass is 219 g/mol. The van der Waals surface area contributed by atoms with Crippen molar-refractivity contribution in [2.45, 2.75) is 32.2 Å². The number of nitrogens with one attached hydrogen (secondary N) is 1. The van der Waals surface area contributed by atoms with Crippen molar-refractivity contribution in [3.05, 3.63) is 0 Å². The third-order valence-electron chi connectivity index (χ3n) is 2.25. The second kappa shape index (κ2) is 4.10. The molecule has 1 N–H and O–H groups in total. The van der Waals surface area contributed by atoms with Crippen LogP contribution in [0.25, 0.3) is 0 Å². The molecule has 2 atom stereocenters. The SMILES string of the molecule is CC(=O)NC1CCCC1CBr. The number of carbonyl (C=O) groups is 1. The molecule has 1 amide bonds. The maximum atomic E-state index is 10.7. The van der Waals surface area contributed by atoms with Gasteiger partial charge in [0.25, 0.3) is 0 Å². The summed E-state index contributed by atoms with van der Waals surface area (Å²) < 4.78 is 0. The predicted molar refractivity (Wildman–Crippen MR) is 48.7 cm³/mol. The fraction of sp³-hybridized carbons (Fsp3) is 0.875. The molecule has 0 aliphatic heterocycles. The maximum absolute atomic E-state index is 10.7. The molecule has 11 heavy (non-hydrogen) atoms. The van der Waals surface area contributed by atoms with E-state index in [2.05, 4.69) is 21.2 Å². The molecule has 0 aromatic carbocycles. The minimum absolute atomic E-state index is 0.0999. The summed E-state index contributed by atoms with van der Waals surface area (Å²) in [5.41, 5.74) is 0. The molecular formula is C8H14BrNO. The van der Waals surface area contributed by atoms with Gasteiger partial charge in [-0.2, -0.15) is 0 Å². The number of amides is 1. The number of hydrogen-bond donors (Lipinski definition) is 1. The fourth-order valence-electron chi connectivity index (χ4n) is 1.67. The minimum Gasteiger partial charge on any atom is -0.353 e. The molecule has 1 fully saturated rings. The summed E-state index contributed by atoms with van der Waals surface area (Å²) in [7, 11) is 0. The lowest BCUT2D eigenvalue weighted by molar-refractivity contribution is -0.119. The zero-order valence-electron chi connectivity index (χ0n) is 6.77. The number of alkyl halides is 1. The molecule has 1 aliphatic carbocycles. The van der Waals surface area contributed by atoms with E-state index < -0.39 is 0 Å². The molecule has 1 saturated carbocycles. The van der Waals surface area contributed by atoms with Gasteiger partial charge in [-0.15, -0.1) is 0 Å². The predicted octanol–water partition coefficient (Wildman–Crippen LogP) is 1.69. The topological polar surface area (TPSA) is 29.1 Å². The molecule has 0 saturated heterocycles. The minimum atomic E-state index is 0.0999. The summed E-state index contributed by atoms with van der Waals surface area (Å²) >= 11 is 3.46. The van der Waals surface area contributed by atoms with Gasteiger partial charge in [-0.3, -0.25) is 4.79 Å². The zero-order valence-corrected chi connectivity index (χ0v) is 8.36. The van der Waals surface area contributed by atoms with Crippen LogP contribution in [0, 0.1) is 5.92 Å². The van der Waals surface area contributed by atoms with E-state index in [9.17, 15) is 4.79 Å². The zero-order chi connectivity index (χ0) is 8.27. The van der Waals surface area contributed by atoms with Gasteiger partial charge in [0.2, 0.25) is 5.91 Å². The highest BCUT2D eigenvalue weighted by molar-refractivity contribution is 9.09. The first-order valence-electron chi connectivity index (χ1n) is 4.07. The van der Waals surface area contributed by atoms with Gasteiger partial charge < -0.3 is 5.32 Å². The molecular weight excluding hydrogens is 206 g/mol. The average Bonchev–Trinajstić information content (AvgIpc) is 2.34. The Morgan fingerprint density at radius 2 is 2.36 bits per heavy atom. The van der Waals surface area contributed by atoms with Crippen molar-refractivity contribution in [1.29, 1.82) is 0 Å². The quantitative estimate of drug-likeness (QED) is 0.705. The number of rotatable bonds is 2. The van der Waals surface area contributed by atoms with Gasteiger partial charge in [-0.25, -0.2) is 0 Å². The van der Waals surface area contributed by atoms with Crippen LogP contribution in [0.4, 0.5) is 0 Å². The Kier molecular flexibility index (Phi) is 3.37. The van der Waals surface area contributed by atoms with Gasteiger partial charge in [0, 0.05) is 18.3 Å². The highest BCUT2D eigenvalue weighted by Gasteiger charge is 2.26. The molecule has 3 heteroatoms. The molecule has 0 aromatic rings. The molecule has 0 aromatic heterocycles. The lowest BCUT2D eigenvalue weighted by Crippen LogP contribution is -2.36. The first kappa shape index (κ1) is 9.04. The van der Waals surface area contributed by atoms with E-state index in [1.807, 2.05) is 0 Å². The van der Waals surface area contributed by atoms with Crippen molar-refractivity contribution in [2.24, 2.45) is 5.92 Å². The van der Waals surface area contributed by atoms with Crippen LogP contribution in [0.3, 0.4) is 0 Å². The van der Waals surface area contributed by atoms with Gasteiger partial charge in [0.05, 0.1) is 0 Å². The number of halogens is 1. The van der Waals surface area contributed by atoms with Crippen LogP contribution >= 0.6 is 15.9 Å². The number of carbonyl (C=O) groups excluding carboxylic acids is 1. The summed E-state index contributed by atoms with van der Waals surface area (Å²) in [5.74, 6) is 0.752. The molecule has 2 nitrogen and oxygen atoms in total. The Morgan fingerprint density at radius 3 is 2.91 bits per heavy atom. The van der Waals surface area contributed by atoms with E-state index >= 15 is 0 Å². The summed E-state index contributed by atoms with van der Waals surface area (Å²) in [6, 6.07) is 0.423. The van der Waals surface area contributed by atoms with Gasteiger partial charge in [0.15, 0.2) is 0 Å². The Morgan fingerprint density at radius 1 is 1.64 bits per heavy atom. The smallest absolute Gasteiger partial charge is 0.217 e. The first-order chi connectivity index (χ1) is 5.24. The van der Waals surface area contributed by atoms with E-state index in [1.54, 1.807) is 6.92 Å². The van der Waals surface area contributed by atoms with Crippen LogP contribution in [-0.4, -0.2) is 17.3 Å². The molecule has 0 bridgehead atoms. The highest BCUT2D eigenvalue weighted by atomic mass is 79.9. The summed E-state index contributed by atoms with van der Waals surface area (Å²) in [6.07, 6.45) is 3.65. The van der Waals surface area contributed by atoms with Crippen molar-refractivity contribution in [3.8, 4) is 0 Å². The lowest BCUT2D eigenvalue weighted by atomic mass is 10.1. The van der Waals surface area contributed by atoms with E-state index in [-0.39, 0.29) is 5.91 Å². The first-order valence-corrected chi connectivity index (χ1v) is 5.19. The van der Waals surface area contributed by atoms with Gasteiger partial charge >= 0.3 is 0 Å². The van der Waals surface area contributed by atoms with E-state index in [0.29, 0.717) is 12.0 Å². The fourth-order valence-corrected chi connectivity index (χ4v) is 2.45. The molecule has 0 heterocycles. The van der Waals surface area contributed by atoms with Crippen LogP contribution in [0.2, 0.25) is 0 Å². The summed E-state index contributed by atoms with van der Waals surface area (Å²) in [6.45, 7) is 1.59. The third-order valence-corrected chi connectivity index (χ3v) is 3.08. The average molecular weight is 220 g/mol. The number of hydrogen-bond acceptors (Lipinski definition) is 1. The Labute approximate surface area is 75.9 Å². The van der Waals surface area contributed by atoms with Crippen molar-refractivity contribution >= 4 is 21.8 Å².